The molecular weight excluding hydrogens is 320 g/mol. The summed E-state index contributed by atoms with van der Waals surface area (Å²) >= 11 is 1.30. The number of aromatic nitrogens is 1. The van der Waals surface area contributed by atoms with Gasteiger partial charge in [-0.15, -0.1) is 0 Å². The van der Waals surface area contributed by atoms with Crippen LogP contribution in [0.15, 0.2) is 58.2 Å². The molecule has 0 saturated heterocycles. The zero-order chi connectivity index (χ0) is 16.9. The van der Waals surface area contributed by atoms with Crippen molar-refractivity contribution in [1.82, 2.24) is 4.98 Å². The number of carbonyl (C=O) groups is 1. The van der Waals surface area contributed by atoms with Crippen molar-refractivity contribution in [3.05, 3.63) is 54.1 Å². The van der Waals surface area contributed by atoms with Gasteiger partial charge >= 0.3 is 0 Å². The van der Waals surface area contributed by atoms with Crippen LogP contribution in [-0.4, -0.2) is 16.6 Å². The third kappa shape index (κ3) is 3.79. The molecule has 3 rings (SSSR count). The second-order valence-electron chi connectivity index (χ2n) is 5.68. The molecule has 124 valence electrons. The Morgan fingerprint density at radius 2 is 1.96 bits per heavy atom. The Kier molecular flexibility index (Phi) is 5.20. The predicted octanol–water partition coefficient (Wildman–Crippen LogP) is 5.07. The van der Waals surface area contributed by atoms with Crippen molar-refractivity contribution in [2.45, 2.75) is 31.4 Å². The summed E-state index contributed by atoms with van der Waals surface area (Å²) in [4.78, 5) is 16.6. The van der Waals surface area contributed by atoms with Crippen molar-refractivity contribution < 1.29 is 9.21 Å². The molecule has 0 bridgehead atoms. The van der Waals surface area contributed by atoms with Crippen LogP contribution in [0.25, 0.3) is 11.1 Å². The van der Waals surface area contributed by atoms with Gasteiger partial charge in [0, 0.05) is 5.69 Å². The minimum atomic E-state index is -0.0574. The lowest BCUT2D eigenvalue weighted by Crippen LogP contribution is -2.15. The highest BCUT2D eigenvalue weighted by atomic mass is 32.2. The maximum absolute atomic E-state index is 12.3. The predicted molar refractivity (Wildman–Crippen MR) is 98.5 cm³/mol. The normalized spacial score (nSPS) is 12.2. The molecule has 0 unspecified atom stereocenters. The fraction of sp³-hybridized carbons (Fsp3) is 0.263. The van der Waals surface area contributed by atoms with Crippen LogP contribution in [0, 0.1) is 0 Å². The first-order valence-corrected chi connectivity index (χ1v) is 9.03. The fourth-order valence-corrected chi connectivity index (χ4v) is 3.13. The molecule has 4 nitrogen and oxygen atoms in total. The van der Waals surface area contributed by atoms with Crippen LogP contribution < -0.4 is 5.32 Å². The highest BCUT2D eigenvalue weighted by Gasteiger charge is 2.13. The largest absolute Gasteiger partial charge is 0.431 e. The van der Waals surface area contributed by atoms with E-state index in [4.69, 9.17) is 4.42 Å². The first kappa shape index (κ1) is 16.6. The second kappa shape index (κ2) is 7.53. The van der Waals surface area contributed by atoms with E-state index in [1.54, 1.807) is 0 Å². The summed E-state index contributed by atoms with van der Waals surface area (Å²) in [7, 11) is 0. The van der Waals surface area contributed by atoms with Crippen LogP contribution in [0.2, 0.25) is 0 Å². The number of para-hydroxylation sites is 3. The number of benzene rings is 2. The molecular formula is C19H20N2O2S. The molecule has 1 aromatic heterocycles. The molecule has 24 heavy (non-hydrogen) atoms. The van der Waals surface area contributed by atoms with Crippen molar-refractivity contribution >= 4 is 34.5 Å². The molecule has 0 saturated carbocycles. The first-order valence-electron chi connectivity index (χ1n) is 8.04. The molecule has 1 amide bonds. The van der Waals surface area contributed by atoms with Gasteiger partial charge in [-0.05, 0) is 36.1 Å². The molecule has 1 heterocycles. The Balaban J connectivity index is 1.64. The highest BCUT2D eigenvalue weighted by Crippen LogP contribution is 2.27. The molecule has 1 atom stereocenters. The fourth-order valence-electron chi connectivity index (χ4n) is 2.49. The van der Waals surface area contributed by atoms with Gasteiger partial charge in [-0.3, -0.25) is 4.79 Å². The van der Waals surface area contributed by atoms with Gasteiger partial charge in [0.25, 0.3) is 5.22 Å². The van der Waals surface area contributed by atoms with Crippen LogP contribution in [0.4, 0.5) is 5.69 Å². The van der Waals surface area contributed by atoms with E-state index in [1.807, 2.05) is 42.5 Å². The summed E-state index contributed by atoms with van der Waals surface area (Å²) < 4.78 is 5.62. The van der Waals surface area contributed by atoms with Crippen LogP contribution in [0.5, 0.6) is 0 Å². The van der Waals surface area contributed by atoms with E-state index < -0.39 is 0 Å². The van der Waals surface area contributed by atoms with Gasteiger partial charge in [-0.1, -0.05) is 55.9 Å². The minimum absolute atomic E-state index is 0.0574. The Labute approximate surface area is 145 Å². The molecule has 0 aliphatic carbocycles. The van der Waals surface area contributed by atoms with Gasteiger partial charge < -0.3 is 9.73 Å². The van der Waals surface area contributed by atoms with Crippen molar-refractivity contribution in [2.75, 3.05) is 11.1 Å². The van der Waals surface area contributed by atoms with Gasteiger partial charge in [-0.2, -0.15) is 0 Å². The lowest BCUT2D eigenvalue weighted by molar-refractivity contribution is -0.113. The quantitative estimate of drug-likeness (QED) is 0.636. The Bertz CT molecular complexity index is 811. The summed E-state index contributed by atoms with van der Waals surface area (Å²) in [5.41, 5.74) is 3.60. The Hall–Kier alpha value is -2.27. The molecule has 0 aliphatic rings. The molecule has 0 radical (unpaired) electrons. The molecule has 5 heteroatoms. The second-order valence-corrected chi connectivity index (χ2v) is 6.61. The summed E-state index contributed by atoms with van der Waals surface area (Å²) in [5, 5.41) is 3.52. The zero-order valence-corrected chi connectivity index (χ0v) is 14.6. The summed E-state index contributed by atoms with van der Waals surface area (Å²) in [5.74, 6) is 0.617. The monoisotopic (exact) mass is 340 g/mol. The molecule has 0 aliphatic heterocycles. The number of oxazole rings is 1. The molecule has 0 spiro atoms. The number of nitrogens with one attached hydrogen (secondary N) is 1. The lowest BCUT2D eigenvalue weighted by Gasteiger charge is -2.15. The van der Waals surface area contributed by atoms with Gasteiger partial charge in [0.05, 0.1) is 5.75 Å². The van der Waals surface area contributed by atoms with Gasteiger partial charge in [0.15, 0.2) is 5.58 Å². The van der Waals surface area contributed by atoms with Gasteiger partial charge in [0.2, 0.25) is 5.91 Å². The number of fused-ring (bicyclic) bond motifs is 1. The number of hydrogen-bond acceptors (Lipinski definition) is 4. The lowest BCUT2D eigenvalue weighted by atomic mass is 9.97. The SMILES string of the molecule is CC[C@H](C)c1ccccc1NC(=O)CSc1nc2ccccc2o1. The van der Waals surface area contributed by atoms with Crippen molar-refractivity contribution in [3.8, 4) is 0 Å². The highest BCUT2D eigenvalue weighted by molar-refractivity contribution is 7.99. The van der Waals surface area contributed by atoms with E-state index in [2.05, 4.69) is 30.2 Å². The summed E-state index contributed by atoms with van der Waals surface area (Å²) in [6.45, 7) is 4.31. The van der Waals surface area contributed by atoms with E-state index >= 15 is 0 Å². The number of amides is 1. The zero-order valence-electron chi connectivity index (χ0n) is 13.8. The first-order chi connectivity index (χ1) is 11.7. The number of nitrogens with zero attached hydrogens (tertiary/aromatic N) is 1. The van der Waals surface area contributed by atoms with E-state index in [1.165, 1.54) is 17.3 Å². The van der Waals surface area contributed by atoms with Gasteiger partial charge in [0.1, 0.15) is 5.52 Å². The number of hydrogen-bond donors (Lipinski definition) is 1. The maximum atomic E-state index is 12.3. The number of anilines is 1. The number of rotatable bonds is 6. The average molecular weight is 340 g/mol. The van der Waals surface area contributed by atoms with E-state index in [-0.39, 0.29) is 11.7 Å². The van der Waals surface area contributed by atoms with E-state index in [9.17, 15) is 4.79 Å². The molecule has 1 N–H and O–H groups in total. The van der Waals surface area contributed by atoms with Gasteiger partial charge in [-0.25, -0.2) is 4.98 Å². The molecule has 2 aromatic carbocycles. The Morgan fingerprint density at radius 1 is 1.21 bits per heavy atom. The third-order valence-corrected chi connectivity index (χ3v) is 4.81. The Morgan fingerprint density at radius 3 is 2.75 bits per heavy atom. The molecule has 3 aromatic rings. The van der Waals surface area contributed by atoms with E-state index in [0.29, 0.717) is 11.1 Å². The third-order valence-electron chi connectivity index (χ3n) is 3.98. The standard InChI is InChI=1S/C19H20N2O2S/c1-3-13(2)14-8-4-5-9-15(14)20-18(22)12-24-19-21-16-10-6-7-11-17(16)23-19/h4-11,13H,3,12H2,1-2H3,(H,20,22)/t13-/m0/s1. The van der Waals surface area contributed by atoms with Crippen molar-refractivity contribution in [2.24, 2.45) is 0 Å². The smallest absolute Gasteiger partial charge is 0.257 e. The average Bonchev–Trinajstić information content (AvgIpc) is 3.03. The van der Waals surface area contributed by atoms with Crippen molar-refractivity contribution in [3.63, 3.8) is 0 Å². The van der Waals surface area contributed by atoms with Crippen LogP contribution in [0.3, 0.4) is 0 Å². The topological polar surface area (TPSA) is 55.1 Å². The van der Waals surface area contributed by atoms with Crippen LogP contribution >= 0.6 is 11.8 Å². The van der Waals surface area contributed by atoms with Crippen LogP contribution in [0.1, 0.15) is 31.7 Å². The number of carbonyl (C=O) groups excluding carboxylic acids is 1. The maximum Gasteiger partial charge on any atom is 0.257 e. The summed E-state index contributed by atoms with van der Waals surface area (Å²) in [6.07, 6.45) is 1.03. The number of thioether (sulfide) groups is 1. The van der Waals surface area contributed by atoms with E-state index in [0.717, 1.165) is 23.2 Å². The summed E-state index contributed by atoms with van der Waals surface area (Å²) in [6, 6.07) is 15.5. The molecule has 0 fully saturated rings. The van der Waals surface area contributed by atoms with Crippen molar-refractivity contribution in [1.29, 1.82) is 0 Å². The minimum Gasteiger partial charge on any atom is -0.431 e. The van der Waals surface area contributed by atoms with Crippen LogP contribution in [-0.2, 0) is 4.79 Å².